The molecule has 4 heterocycles. The molecule has 0 N–H and O–H groups in total. The van der Waals surface area contributed by atoms with Gasteiger partial charge in [-0.1, -0.05) is 5.21 Å². The predicted octanol–water partition coefficient (Wildman–Crippen LogP) is 0.668. The molecule has 4 rings (SSSR count). The van der Waals surface area contributed by atoms with E-state index in [1.165, 1.54) is 7.11 Å². The molecule has 2 aliphatic rings. The topological polar surface area (TPSA) is 82.4 Å². The quantitative estimate of drug-likeness (QED) is 0.810. The third-order valence-corrected chi connectivity index (χ3v) is 4.41. The van der Waals surface area contributed by atoms with Crippen LogP contribution in [0, 0.1) is 0 Å². The first kappa shape index (κ1) is 14.1. The predicted molar refractivity (Wildman–Crippen MR) is 78.9 cm³/mol. The van der Waals surface area contributed by atoms with Gasteiger partial charge >= 0.3 is 0 Å². The molecule has 23 heavy (non-hydrogen) atoms. The Bertz CT molecular complexity index is 731. The first-order chi connectivity index (χ1) is 11.3. The number of fused-ring (bicyclic) bond motifs is 3. The summed E-state index contributed by atoms with van der Waals surface area (Å²) < 4.78 is 12.9. The Morgan fingerprint density at radius 2 is 2.39 bits per heavy atom. The molecule has 0 radical (unpaired) electrons. The molecule has 2 atom stereocenters. The number of amides is 1. The number of nitrogens with zero attached hydrogens (tertiary/aromatic N) is 5. The highest BCUT2D eigenvalue weighted by Gasteiger charge is 2.38. The van der Waals surface area contributed by atoms with Crippen LogP contribution in [0.15, 0.2) is 24.5 Å². The molecule has 1 amide bonds. The van der Waals surface area contributed by atoms with Gasteiger partial charge in [-0.15, -0.1) is 5.10 Å². The van der Waals surface area contributed by atoms with Gasteiger partial charge in [0.25, 0.3) is 5.91 Å². The molecule has 1 saturated heterocycles. The van der Waals surface area contributed by atoms with Crippen molar-refractivity contribution in [2.45, 2.75) is 25.2 Å². The molecular weight excluding hydrogens is 298 g/mol. The van der Waals surface area contributed by atoms with Gasteiger partial charge in [-0.05, 0) is 18.6 Å². The minimum atomic E-state index is -0.0827. The number of hydrogen-bond donors (Lipinski definition) is 0. The fourth-order valence-corrected chi connectivity index (χ4v) is 3.25. The van der Waals surface area contributed by atoms with Crippen LogP contribution in [0.3, 0.4) is 0 Å². The van der Waals surface area contributed by atoms with Crippen molar-refractivity contribution in [3.05, 3.63) is 35.8 Å². The molecule has 2 aliphatic heterocycles. The van der Waals surface area contributed by atoms with E-state index >= 15 is 0 Å². The lowest BCUT2D eigenvalue weighted by molar-refractivity contribution is -0.0605. The second kappa shape index (κ2) is 5.62. The average molecular weight is 315 g/mol. The highest BCUT2D eigenvalue weighted by molar-refractivity contribution is 5.96. The zero-order chi connectivity index (χ0) is 15.8. The molecule has 8 nitrogen and oxygen atoms in total. The van der Waals surface area contributed by atoms with Gasteiger partial charge < -0.3 is 14.4 Å². The molecule has 1 fully saturated rings. The van der Waals surface area contributed by atoms with E-state index in [4.69, 9.17) is 9.47 Å². The van der Waals surface area contributed by atoms with Crippen molar-refractivity contribution in [1.29, 1.82) is 0 Å². The molecule has 0 unspecified atom stereocenters. The van der Waals surface area contributed by atoms with Crippen molar-refractivity contribution in [1.82, 2.24) is 24.9 Å². The summed E-state index contributed by atoms with van der Waals surface area (Å²) >= 11 is 0. The van der Waals surface area contributed by atoms with E-state index in [-0.39, 0.29) is 18.1 Å². The lowest BCUT2D eigenvalue weighted by Gasteiger charge is -2.41. The van der Waals surface area contributed by atoms with E-state index in [0.717, 1.165) is 12.1 Å². The van der Waals surface area contributed by atoms with Crippen LogP contribution in [0.2, 0.25) is 0 Å². The summed E-state index contributed by atoms with van der Waals surface area (Å²) in [5.74, 6) is 0.265. The van der Waals surface area contributed by atoms with Gasteiger partial charge in [-0.2, -0.15) is 0 Å². The van der Waals surface area contributed by atoms with Crippen LogP contribution in [0.4, 0.5) is 0 Å². The van der Waals surface area contributed by atoms with Gasteiger partial charge in [-0.3, -0.25) is 4.79 Å². The number of pyridine rings is 1. The smallest absolute Gasteiger partial charge is 0.259 e. The minimum Gasteiger partial charge on any atom is -0.480 e. The zero-order valence-electron chi connectivity index (χ0n) is 12.8. The number of carbonyl (C=O) groups excluding carboxylic acids is 1. The van der Waals surface area contributed by atoms with Gasteiger partial charge in [0.15, 0.2) is 0 Å². The molecule has 120 valence electrons. The Balaban J connectivity index is 1.59. The van der Waals surface area contributed by atoms with Crippen molar-refractivity contribution in [2.75, 3.05) is 20.2 Å². The molecule has 2 aromatic rings. The monoisotopic (exact) mass is 315 g/mol. The number of aromatic nitrogens is 4. The van der Waals surface area contributed by atoms with E-state index in [1.807, 2.05) is 4.68 Å². The number of carbonyl (C=O) groups is 1. The first-order valence-electron chi connectivity index (χ1n) is 7.57. The van der Waals surface area contributed by atoms with E-state index in [0.29, 0.717) is 31.1 Å². The van der Waals surface area contributed by atoms with Crippen molar-refractivity contribution in [3.63, 3.8) is 0 Å². The van der Waals surface area contributed by atoms with Crippen LogP contribution in [0.5, 0.6) is 5.88 Å². The van der Waals surface area contributed by atoms with Crippen molar-refractivity contribution in [3.8, 4) is 5.88 Å². The summed E-state index contributed by atoms with van der Waals surface area (Å²) in [4.78, 5) is 18.7. The summed E-state index contributed by atoms with van der Waals surface area (Å²) in [5.41, 5.74) is 1.42. The average Bonchev–Trinajstić information content (AvgIpc) is 3.09. The number of likely N-dealkylation sites (tertiary alicyclic amines) is 1. The Kier molecular flexibility index (Phi) is 3.45. The van der Waals surface area contributed by atoms with E-state index in [1.54, 1.807) is 29.4 Å². The van der Waals surface area contributed by atoms with E-state index in [2.05, 4.69) is 15.3 Å². The molecular formula is C15H17N5O3. The molecule has 8 heteroatoms. The summed E-state index contributed by atoms with van der Waals surface area (Å²) in [6.45, 7) is 1.71. The third kappa shape index (κ3) is 2.35. The van der Waals surface area contributed by atoms with Crippen LogP contribution in [-0.4, -0.2) is 57.1 Å². The Morgan fingerprint density at radius 1 is 1.48 bits per heavy atom. The Labute approximate surface area is 133 Å². The van der Waals surface area contributed by atoms with Crippen molar-refractivity contribution in [2.24, 2.45) is 0 Å². The maximum Gasteiger partial charge on any atom is 0.259 e. The normalized spacial score (nSPS) is 23.1. The summed E-state index contributed by atoms with van der Waals surface area (Å²) in [6.07, 6.45) is 4.17. The fraction of sp³-hybridized carbons (Fsp3) is 0.467. The van der Waals surface area contributed by atoms with Crippen LogP contribution in [0.25, 0.3) is 0 Å². The number of piperidine rings is 1. The molecule has 0 bridgehead atoms. The van der Waals surface area contributed by atoms with Gasteiger partial charge in [0.05, 0.1) is 37.8 Å². The van der Waals surface area contributed by atoms with Crippen LogP contribution in [0.1, 0.15) is 28.5 Å². The molecule has 0 aromatic carbocycles. The van der Waals surface area contributed by atoms with Crippen LogP contribution >= 0.6 is 0 Å². The number of ether oxygens (including phenoxy) is 2. The van der Waals surface area contributed by atoms with Gasteiger partial charge in [0, 0.05) is 19.3 Å². The number of methoxy groups -OCH3 is 1. The SMILES string of the molecule is COc1ncccc1C(=O)N1CC[C@@H]2OCc3cnnn3[C@@H]2C1. The van der Waals surface area contributed by atoms with Crippen molar-refractivity contribution < 1.29 is 14.3 Å². The van der Waals surface area contributed by atoms with Gasteiger partial charge in [-0.25, -0.2) is 9.67 Å². The third-order valence-electron chi connectivity index (χ3n) is 4.41. The lowest BCUT2D eigenvalue weighted by Crippen LogP contribution is -2.50. The van der Waals surface area contributed by atoms with Crippen LogP contribution < -0.4 is 4.74 Å². The van der Waals surface area contributed by atoms with Gasteiger partial charge in [0.1, 0.15) is 5.56 Å². The van der Waals surface area contributed by atoms with Crippen molar-refractivity contribution >= 4 is 5.91 Å². The lowest BCUT2D eigenvalue weighted by atomic mass is 9.99. The maximum atomic E-state index is 12.8. The molecule has 0 aliphatic carbocycles. The number of rotatable bonds is 2. The second-order valence-corrected chi connectivity index (χ2v) is 5.69. The van der Waals surface area contributed by atoms with Gasteiger partial charge in [0.2, 0.25) is 5.88 Å². The van der Waals surface area contributed by atoms with E-state index in [9.17, 15) is 4.79 Å². The molecule has 0 saturated carbocycles. The van der Waals surface area contributed by atoms with Crippen LogP contribution in [-0.2, 0) is 11.3 Å². The summed E-state index contributed by atoms with van der Waals surface area (Å²) in [7, 11) is 1.52. The standard InChI is InChI=1S/C15H17N5O3/c1-22-14-11(3-2-5-16-14)15(21)19-6-4-13-12(8-19)20-10(9-23-13)7-17-18-20/h2-3,5,7,12-13H,4,6,8-9H2,1H3/t12-,13+/m1/s1. The molecule has 2 aromatic heterocycles. The zero-order valence-corrected chi connectivity index (χ0v) is 12.8. The maximum absolute atomic E-state index is 12.8. The number of hydrogen-bond acceptors (Lipinski definition) is 6. The largest absolute Gasteiger partial charge is 0.480 e. The fourth-order valence-electron chi connectivity index (χ4n) is 3.25. The molecule has 0 spiro atoms. The minimum absolute atomic E-state index is 0.00150. The Hall–Kier alpha value is -2.48. The van der Waals surface area contributed by atoms with E-state index < -0.39 is 0 Å². The summed E-state index contributed by atoms with van der Waals surface area (Å²) in [5, 5.41) is 8.10. The highest BCUT2D eigenvalue weighted by atomic mass is 16.5. The first-order valence-corrected chi connectivity index (χ1v) is 7.57. The summed E-state index contributed by atoms with van der Waals surface area (Å²) in [6, 6.07) is 3.47. The second-order valence-electron chi connectivity index (χ2n) is 5.69. The Morgan fingerprint density at radius 3 is 3.26 bits per heavy atom. The highest BCUT2D eigenvalue weighted by Crippen LogP contribution is 2.31.